The van der Waals surface area contributed by atoms with E-state index in [0.717, 1.165) is 19.6 Å². The number of benzene rings is 1. The maximum Gasteiger partial charge on any atom is 0.246 e. The molecule has 0 aliphatic carbocycles. The maximum absolute atomic E-state index is 11.2. The Morgan fingerprint density at radius 3 is 2.54 bits per heavy atom. The number of anilines is 1. The summed E-state index contributed by atoms with van der Waals surface area (Å²) in [5, 5.41) is 6.06. The zero-order chi connectivity index (χ0) is 17.8. The molecule has 5 nitrogen and oxygen atoms in total. The second kappa shape index (κ2) is 11.9. The molecule has 0 heterocycles. The largest absolute Gasteiger partial charge is 0.378 e. The summed E-state index contributed by atoms with van der Waals surface area (Å²) in [6.07, 6.45) is 0. The fourth-order valence-corrected chi connectivity index (χ4v) is 2.24. The van der Waals surface area contributed by atoms with E-state index in [0.29, 0.717) is 31.2 Å². The summed E-state index contributed by atoms with van der Waals surface area (Å²) in [7, 11) is 2.03. The van der Waals surface area contributed by atoms with Crippen molar-refractivity contribution in [3.63, 3.8) is 0 Å². The number of hydrogen-bond acceptors (Lipinski definition) is 4. The first kappa shape index (κ1) is 20.5. The van der Waals surface area contributed by atoms with Crippen LogP contribution in [0.3, 0.4) is 0 Å². The van der Waals surface area contributed by atoms with Crippen LogP contribution in [-0.2, 0) is 16.1 Å². The van der Waals surface area contributed by atoms with Crippen LogP contribution >= 0.6 is 11.6 Å². The van der Waals surface area contributed by atoms with Gasteiger partial charge in [0.2, 0.25) is 5.91 Å². The second-order valence-corrected chi connectivity index (χ2v) is 5.98. The van der Waals surface area contributed by atoms with Gasteiger partial charge in [-0.25, -0.2) is 0 Å². The van der Waals surface area contributed by atoms with E-state index < -0.39 is 0 Å². The molecule has 6 heteroatoms. The van der Waals surface area contributed by atoms with E-state index in [-0.39, 0.29) is 5.91 Å². The second-order valence-electron chi connectivity index (χ2n) is 5.60. The lowest BCUT2D eigenvalue weighted by atomic mass is 10.2. The van der Waals surface area contributed by atoms with E-state index in [2.05, 4.69) is 46.4 Å². The molecule has 0 bridgehead atoms. The van der Waals surface area contributed by atoms with Crippen molar-refractivity contribution in [1.82, 2.24) is 10.6 Å². The molecule has 0 fully saturated rings. The van der Waals surface area contributed by atoms with Crippen molar-refractivity contribution in [3.05, 3.63) is 42.0 Å². The number of hydrogen-bond donors (Lipinski definition) is 2. The van der Waals surface area contributed by atoms with Crippen molar-refractivity contribution in [3.8, 4) is 0 Å². The lowest BCUT2D eigenvalue weighted by Gasteiger charge is -2.18. The van der Waals surface area contributed by atoms with Gasteiger partial charge in [-0.05, 0) is 24.6 Å². The van der Waals surface area contributed by atoms with E-state index in [1.54, 1.807) is 6.92 Å². The van der Waals surface area contributed by atoms with Gasteiger partial charge in [0.25, 0.3) is 0 Å². The minimum absolute atomic E-state index is 0.128. The number of carbonyl (C=O) groups excluding carboxylic acids is 1. The first-order chi connectivity index (χ1) is 11.5. The van der Waals surface area contributed by atoms with Crippen molar-refractivity contribution in [1.29, 1.82) is 0 Å². The molecule has 1 aromatic rings. The molecule has 0 unspecified atom stereocenters. The van der Waals surface area contributed by atoms with Crippen molar-refractivity contribution in [2.24, 2.45) is 0 Å². The number of nitrogens with one attached hydrogen (secondary N) is 2. The fourth-order valence-electron chi connectivity index (χ4n) is 1.99. The van der Waals surface area contributed by atoms with E-state index in [4.69, 9.17) is 16.3 Å². The first-order valence-electron chi connectivity index (χ1n) is 8.12. The maximum atomic E-state index is 11.2. The molecule has 2 N–H and O–H groups in total. The van der Waals surface area contributed by atoms with Crippen molar-refractivity contribution >= 4 is 23.2 Å². The van der Waals surface area contributed by atoms with Gasteiger partial charge in [-0.15, -0.1) is 11.6 Å². The molecule has 0 saturated heterocycles. The summed E-state index contributed by atoms with van der Waals surface area (Å²) >= 11 is 5.75. The Morgan fingerprint density at radius 1 is 1.25 bits per heavy atom. The minimum atomic E-state index is -0.128. The van der Waals surface area contributed by atoms with Crippen molar-refractivity contribution < 1.29 is 9.53 Å². The summed E-state index contributed by atoms with van der Waals surface area (Å²) < 4.78 is 5.45. The molecule has 0 saturated carbocycles. The molecule has 1 aromatic carbocycles. The number of amides is 1. The molecule has 0 atom stereocenters. The van der Waals surface area contributed by atoms with Crippen LogP contribution in [0.15, 0.2) is 36.4 Å². The number of ether oxygens (including phenoxy) is 1. The smallest absolute Gasteiger partial charge is 0.246 e. The molecular weight excluding hydrogens is 326 g/mol. The molecule has 0 aliphatic heterocycles. The standard InChI is InChI=1S/C18H28ClN3O2/c1-15(2)18(23)21-10-13-24-12-9-20-14-16-4-6-17(7-5-16)22(3)11-8-19/h4-7,20H,1,8-14H2,2-3H3,(H,21,23). The molecule has 134 valence electrons. The van der Waals surface area contributed by atoms with Gasteiger partial charge in [0, 0.05) is 50.4 Å². The van der Waals surface area contributed by atoms with Crippen LogP contribution in [0.4, 0.5) is 5.69 Å². The third kappa shape index (κ3) is 8.34. The zero-order valence-corrected chi connectivity index (χ0v) is 15.4. The topological polar surface area (TPSA) is 53.6 Å². The average Bonchev–Trinajstić information content (AvgIpc) is 2.57. The molecule has 24 heavy (non-hydrogen) atoms. The summed E-state index contributed by atoms with van der Waals surface area (Å²) in [6.45, 7) is 9.28. The van der Waals surface area contributed by atoms with Crippen LogP contribution < -0.4 is 15.5 Å². The van der Waals surface area contributed by atoms with Gasteiger partial charge in [0.1, 0.15) is 0 Å². The quantitative estimate of drug-likeness (QED) is 0.343. The summed E-state index contributed by atoms with van der Waals surface area (Å²) in [5.74, 6) is 0.494. The summed E-state index contributed by atoms with van der Waals surface area (Å²) in [5.41, 5.74) is 2.91. The lowest BCUT2D eigenvalue weighted by Crippen LogP contribution is -2.28. The number of nitrogens with zero attached hydrogens (tertiary/aromatic N) is 1. The third-order valence-electron chi connectivity index (χ3n) is 3.47. The highest BCUT2D eigenvalue weighted by molar-refractivity contribution is 6.18. The van der Waals surface area contributed by atoms with Crippen LogP contribution in [0.5, 0.6) is 0 Å². The molecule has 0 aromatic heterocycles. The number of carbonyl (C=O) groups is 1. The van der Waals surface area contributed by atoms with Crippen molar-refractivity contribution in [2.75, 3.05) is 50.7 Å². The Morgan fingerprint density at radius 2 is 1.92 bits per heavy atom. The molecule has 0 aliphatic rings. The molecule has 1 rings (SSSR count). The lowest BCUT2D eigenvalue weighted by molar-refractivity contribution is -0.117. The Hall–Kier alpha value is -1.56. The molecule has 1 amide bonds. The first-order valence-corrected chi connectivity index (χ1v) is 8.66. The van der Waals surface area contributed by atoms with E-state index in [9.17, 15) is 4.79 Å². The Balaban J connectivity index is 2.09. The number of alkyl halides is 1. The van der Waals surface area contributed by atoms with Crippen LogP contribution in [0, 0.1) is 0 Å². The SMILES string of the molecule is C=C(C)C(=O)NCCOCCNCc1ccc(N(C)CCCl)cc1. The Kier molecular flexibility index (Phi) is 10.2. The van der Waals surface area contributed by atoms with E-state index in [1.165, 1.54) is 11.3 Å². The highest BCUT2D eigenvalue weighted by Crippen LogP contribution is 2.13. The Labute approximate surface area is 150 Å². The highest BCUT2D eigenvalue weighted by Gasteiger charge is 2.01. The predicted octanol–water partition coefficient (Wildman–Crippen LogP) is 2.16. The van der Waals surface area contributed by atoms with Gasteiger partial charge >= 0.3 is 0 Å². The van der Waals surface area contributed by atoms with Gasteiger partial charge in [0.15, 0.2) is 0 Å². The van der Waals surface area contributed by atoms with Gasteiger partial charge in [-0.3, -0.25) is 4.79 Å². The predicted molar refractivity (Wildman–Crippen MR) is 101 cm³/mol. The van der Waals surface area contributed by atoms with E-state index in [1.807, 2.05) is 7.05 Å². The number of halogens is 1. The van der Waals surface area contributed by atoms with Crippen LogP contribution in [0.25, 0.3) is 0 Å². The minimum Gasteiger partial charge on any atom is -0.378 e. The van der Waals surface area contributed by atoms with E-state index >= 15 is 0 Å². The average molecular weight is 354 g/mol. The highest BCUT2D eigenvalue weighted by atomic mass is 35.5. The van der Waals surface area contributed by atoms with Crippen LogP contribution in [-0.4, -0.2) is 51.7 Å². The summed E-state index contributed by atoms with van der Waals surface area (Å²) in [4.78, 5) is 13.4. The third-order valence-corrected chi connectivity index (χ3v) is 3.64. The monoisotopic (exact) mass is 353 g/mol. The van der Waals surface area contributed by atoms with Crippen LogP contribution in [0.2, 0.25) is 0 Å². The molecule has 0 radical (unpaired) electrons. The van der Waals surface area contributed by atoms with Gasteiger partial charge in [-0.1, -0.05) is 18.7 Å². The molecular formula is C18H28ClN3O2. The zero-order valence-electron chi connectivity index (χ0n) is 14.6. The fraction of sp³-hybridized carbons (Fsp3) is 0.500. The Bertz CT molecular complexity index is 505. The van der Waals surface area contributed by atoms with Crippen molar-refractivity contribution in [2.45, 2.75) is 13.5 Å². The van der Waals surface area contributed by atoms with Gasteiger partial charge in [-0.2, -0.15) is 0 Å². The van der Waals surface area contributed by atoms with Gasteiger partial charge < -0.3 is 20.3 Å². The normalized spacial score (nSPS) is 10.5. The number of rotatable bonds is 12. The summed E-state index contributed by atoms with van der Waals surface area (Å²) in [6, 6.07) is 8.43. The van der Waals surface area contributed by atoms with Gasteiger partial charge in [0.05, 0.1) is 13.2 Å². The molecule has 0 spiro atoms. The van der Waals surface area contributed by atoms with Crippen LogP contribution in [0.1, 0.15) is 12.5 Å².